The zero-order valence-corrected chi connectivity index (χ0v) is 15.8. The van der Waals surface area contributed by atoms with E-state index < -0.39 is 0 Å². The van der Waals surface area contributed by atoms with Gasteiger partial charge in [0.05, 0.1) is 44.8 Å². The second-order valence-corrected chi connectivity index (χ2v) is 6.02. The van der Waals surface area contributed by atoms with Crippen molar-refractivity contribution < 1.29 is 14.3 Å². The molecule has 28 heavy (non-hydrogen) atoms. The Kier molecular flexibility index (Phi) is 6.41. The summed E-state index contributed by atoms with van der Waals surface area (Å²) in [6.07, 6.45) is 3.64. The number of ether oxygens (including phenoxy) is 2. The van der Waals surface area contributed by atoms with Crippen molar-refractivity contribution >= 4 is 17.4 Å². The van der Waals surface area contributed by atoms with Crippen molar-refractivity contribution in [2.45, 2.75) is 13.0 Å². The molecule has 2 aromatic heterocycles. The second-order valence-electron chi connectivity index (χ2n) is 6.02. The first-order chi connectivity index (χ1) is 13.7. The average molecular weight is 378 g/mol. The van der Waals surface area contributed by atoms with E-state index >= 15 is 0 Å². The molecule has 0 aliphatic carbocycles. The van der Waals surface area contributed by atoms with Gasteiger partial charge in [0.25, 0.3) is 0 Å². The number of aromatic nitrogens is 2. The molecule has 0 saturated carbocycles. The minimum atomic E-state index is -0.158. The number of nitrogens with zero attached hydrogens (tertiary/aromatic N) is 2. The van der Waals surface area contributed by atoms with Crippen molar-refractivity contribution in [2.24, 2.45) is 0 Å². The van der Waals surface area contributed by atoms with Gasteiger partial charge in [0.1, 0.15) is 5.82 Å². The van der Waals surface area contributed by atoms with Gasteiger partial charge in [-0.05, 0) is 42.0 Å². The number of carbonyl (C=O) groups is 1. The molecule has 144 valence electrons. The fraction of sp³-hybridized carbons (Fsp3) is 0.190. The predicted octanol–water partition coefficient (Wildman–Crippen LogP) is 3.29. The zero-order chi connectivity index (χ0) is 19.8. The maximum absolute atomic E-state index is 12.3. The van der Waals surface area contributed by atoms with E-state index in [4.69, 9.17) is 9.47 Å². The van der Waals surface area contributed by atoms with Crippen LogP contribution in [0.4, 0.5) is 11.5 Å². The van der Waals surface area contributed by atoms with Gasteiger partial charge in [0, 0.05) is 6.20 Å². The van der Waals surface area contributed by atoms with Crippen LogP contribution in [0.15, 0.2) is 60.9 Å². The lowest BCUT2D eigenvalue weighted by atomic mass is 10.1. The fourth-order valence-electron chi connectivity index (χ4n) is 2.63. The van der Waals surface area contributed by atoms with Crippen LogP contribution in [0, 0.1) is 0 Å². The molecular weight excluding hydrogens is 356 g/mol. The Morgan fingerprint density at radius 2 is 1.86 bits per heavy atom. The molecule has 0 unspecified atom stereocenters. The van der Waals surface area contributed by atoms with Crippen LogP contribution in [0.1, 0.15) is 11.3 Å². The molecule has 3 rings (SSSR count). The molecule has 7 heteroatoms. The third kappa shape index (κ3) is 5.20. The SMILES string of the molecule is COc1ccc(CC(=O)Nc2ccc(NCc3ccccn3)cn2)cc1OC. The largest absolute Gasteiger partial charge is 0.493 e. The summed E-state index contributed by atoms with van der Waals surface area (Å²) in [5.74, 6) is 1.55. The van der Waals surface area contributed by atoms with E-state index in [0.29, 0.717) is 23.9 Å². The number of methoxy groups -OCH3 is 2. The summed E-state index contributed by atoms with van der Waals surface area (Å²) >= 11 is 0. The van der Waals surface area contributed by atoms with Gasteiger partial charge in [-0.25, -0.2) is 4.98 Å². The van der Waals surface area contributed by atoms with E-state index in [9.17, 15) is 4.79 Å². The van der Waals surface area contributed by atoms with Crippen molar-refractivity contribution in [3.05, 3.63) is 72.2 Å². The van der Waals surface area contributed by atoms with Gasteiger partial charge in [0.15, 0.2) is 11.5 Å². The van der Waals surface area contributed by atoms with Crippen molar-refractivity contribution in [1.82, 2.24) is 9.97 Å². The first-order valence-corrected chi connectivity index (χ1v) is 8.78. The Hall–Kier alpha value is -3.61. The van der Waals surface area contributed by atoms with Crippen molar-refractivity contribution in [3.63, 3.8) is 0 Å². The van der Waals surface area contributed by atoms with Gasteiger partial charge in [-0.3, -0.25) is 9.78 Å². The highest BCUT2D eigenvalue weighted by Crippen LogP contribution is 2.27. The van der Waals surface area contributed by atoms with E-state index in [0.717, 1.165) is 16.9 Å². The minimum Gasteiger partial charge on any atom is -0.493 e. The summed E-state index contributed by atoms with van der Waals surface area (Å²) in [5, 5.41) is 6.04. The Morgan fingerprint density at radius 3 is 2.54 bits per heavy atom. The van der Waals surface area contributed by atoms with E-state index in [1.165, 1.54) is 0 Å². The van der Waals surface area contributed by atoms with Crippen molar-refractivity contribution in [1.29, 1.82) is 0 Å². The van der Waals surface area contributed by atoms with Crippen LogP contribution in [0.3, 0.4) is 0 Å². The highest BCUT2D eigenvalue weighted by atomic mass is 16.5. The lowest BCUT2D eigenvalue weighted by molar-refractivity contribution is -0.115. The van der Waals surface area contributed by atoms with E-state index in [2.05, 4.69) is 20.6 Å². The molecule has 1 amide bonds. The van der Waals surface area contributed by atoms with Gasteiger partial charge < -0.3 is 20.1 Å². The molecule has 3 aromatic rings. The summed E-state index contributed by atoms with van der Waals surface area (Å²) < 4.78 is 10.5. The highest BCUT2D eigenvalue weighted by Gasteiger charge is 2.09. The van der Waals surface area contributed by atoms with E-state index in [-0.39, 0.29) is 12.3 Å². The Morgan fingerprint density at radius 1 is 1.00 bits per heavy atom. The second kappa shape index (κ2) is 9.36. The molecule has 0 fully saturated rings. The van der Waals surface area contributed by atoms with Gasteiger partial charge >= 0.3 is 0 Å². The summed E-state index contributed by atoms with van der Waals surface area (Å²) in [6.45, 7) is 0.605. The van der Waals surface area contributed by atoms with Crippen LogP contribution in [0.5, 0.6) is 11.5 Å². The lowest BCUT2D eigenvalue weighted by Crippen LogP contribution is -2.15. The van der Waals surface area contributed by atoms with Crippen molar-refractivity contribution in [2.75, 3.05) is 24.9 Å². The van der Waals surface area contributed by atoms with Crippen molar-refractivity contribution in [3.8, 4) is 11.5 Å². The molecule has 0 spiro atoms. The van der Waals surface area contributed by atoms with Gasteiger partial charge in [0.2, 0.25) is 5.91 Å². The number of hydrogen-bond donors (Lipinski definition) is 2. The molecule has 0 atom stereocenters. The molecule has 0 radical (unpaired) electrons. The third-order valence-electron chi connectivity index (χ3n) is 4.04. The summed E-state index contributed by atoms with van der Waals surface area (Å²) in [6, 6.07) is 14.8. The van der Waals surface area contributed by atoms with E-state index in [1.807, 2.05) is 30.3 Å². The number of anilines is 2. The first kappa shape index (κ1) is 19.2. The molecule has 0 saturated heterocycles. The van der Waals surface area contributed by atoms with Crippen LogP contribution >= 0.6 is 0 Å². The topological polar surface area (TPSA) is 85.4 Å². The van der Waals surface area contributed by atoms with Crippen LogP contribution < -0.4 is 20.1 Å². The van der Waals surface area contributed by atoms with Crippen LogP contribution in [-0.2, 0) is 17.8 Å². The maximum Gasteiger partial charge on any atom is 0.229 e. The van der Waals surface area contributed by atoms with Crippen LogP contribution in [0.2, 0.25) is 0 Å². The molecule has 2 N–H and O–H groups in total. The number of amides is 1. The Bertz CT molecular complexity index is 915. The smallest absolute Gasteiger partial charge is 0.229 e. The van der Waals surface area contributed by atoms with Gasteiger partial charge in [-0.15, -0.1) is 0 Å². The molecule has 7 nitrogen and oxygen atoms in total. The number of benzene rings is 1. The monoisotopic (exact) mass is 378 g/mol. The van der Waals surface area contributed by atoms with Gasteiger partial charge in [-0.1, -0.05) is 12.1 Å². The number of pyridine rings is 2. The highest BCUT2D eigenvalue weighted by molar-refractivity contribution is 5.91. The Labute approximate surface area is 163 Å². The maximum atomic E-state index is 12.3. The van der Waals surface area contributed by atoms with Gasteiger partial charge in [-0.2, -0.15) is 0 Å². The molecule has 2 heterocycles. The molecule has 0 bridgehead atoms. The number of hydrogen-bond acceptors (Lipinski definition) is 6. The number of carbonyl (C=O) groups excluding carboxylic acids is 1. The lowest BCUT2D eigenvalue weighted by Gasteiger charge is -2.10. The fourth-order valence-corrected chi connectivity index (χ4v) is 2.63. The number of nitrogens with one attached hydrogen (secondary N) is 2. The van der Waals surface area contributed by atoms with E-state index in [1.54, 1.807) is 44.8 Å². The summed E-state index contributed by atoms with van der Waals surface area (Å²) in [7, 11) is 3.14. The standard InChI is InChI=1S/C21H22N4O3/c1-27-18-8-6-15(11-19(18)28-2)12-21(26)25-20-9-7-17(14-24-20)23-13-16-5-3-4-10-22-16/h3-11,14,23H,12-13H2,1-2H3,(H,24,25,26). The molecule has 0 aliphatic rings. The molecule has 0 aliphatic heterocycles. The summed E-state index contributed by atoms with van der Waals surface area (Å²) in [5.41, 5.74) is 2.61. The van der Waals surface area contributed by atoms with Crippen LogP contribution in [-0.4, -0.2) is 30.1 Å². The first-order valence-electron chi connectivity index (χ1n) is 8.78. The normalized spacial score (nSPS) is 10.2. The predicted molar refractivity (Wildman–Crippen MR) is 108 cm³/mol. The molecular formula is C21H22N4O3. The zero-order valence-electron chi connectivity index (χ0n) is 15.8. The summed E-state index contributed by atoms with van der Waals surface area (Å²) in [4.78, 5) is 20.8. The Balaban J connectivity index is 1.54. The third-order valence-corrected chi connectivity index (χ3v) is 4.04. The minimum absolute atomic E-state index is 0.158. The molecule has 1 aromatic carbocycles. The average Bonchev–Trinajstić information content (AvgIpc) is 2.74. The van der Waals surface area contributed by atoms with Crippen LogP contribution in [0.25, 0.3) is 0 Å². The number of rotatable bonds is 8. The quantitative estimate of drug-likeness (QED) is 0.626.